The molecular formula is C22H44IN5O3. The number of hydrogen-bond acceptors (Lipinski definition) is 5. The van der Waals surface area contributed by atoms with Gasteiger partial charge >= 0.3 is 6.09 Å². The number of ether oxygens (including phenoxy) is 2. The van der Waals surface area contributed by atoms with E-state index in [9.17, 15) is 4.79 Å². The van der Waals surface area contributed by atoms with Gasteiger partial charge in [-0.25, -0.2) is 4.79 Å². The molecule has 2 fully saturated rings. The van der Waals surface area contributed by atoms with E-state index in [-0.39, 0.29) is 36.1 Å². The molecule has 2 aliphatic rings. The molecule has 2 rings (SSSR count). The maximum absolute atomic E-state index is 12.1. The van der Waals surface area contributed by atoms with Crippen LogP contribution in [0.3, 0.4) is 0 Å². The summed E-state index contributed by atoms with van der Waals surface area (Å²) in [6.07, 6.45) is 1.68. The number of hydrogen-bond donors (Lipinski definition) is 2. The molecule has 0 aromatic rings. The molecule has 2 atom stereocenters. The van der Waals surface area contributed by atoms with Crippen LogP contribution >= 0.6 is 24.0 Å². The molecule has 0 bridgehead atoms. The van der Waals surface area contributed by atoms with Crippen molar-refractivity contribution in [2.45, 2.75) is 72.1 Å². The number of carbonyl (C=O) groups excluding carboxylic acids is 1. The van der Waals surface area contributed by atoms with Gasteiger partial charge in [-0.15, -0.1) is 24.0 Å². The Hall–Kier alpha value is -0.810. The highest BCUT2D eigenvalue weighted by molar-refractivity contribution is 14.0. The van der Waals surface area contributed by atoms with Crippen molar-refractivity contribution in [3.8, 4) is 0 Å². The zero-order valence-corrected chi connectivity index (χ0v) is 22.6. The van der Waals surface area contributed by atoms with E-state index in [2.05, 4.69) is 41.2 Å². The molecule has 0 aromatic heterocycles. The Labute approximate surface area is 205 Å². The van der Waals surface area contributed by atoms with E-state index < -0.39 is 5.60 Å². The number of carbonyl (C=O) groups is 1. The largest absolute Gasteiger partial charge is 0.444 e. The standard InChI is InChI=1S/C22H43N5O3.HI/c1-7-23-20(24-15-19(14-17(2)3)26-10-12-29-13-11-26)27-9-8-18(16-27)25-21(28)30-22(4,5)6;/h17-19H,7-16H2,1-6H3,(H,23,24)(H,25,28);1H. The van der Waals surface area contributed by atoms with Crippen LogP contribution in [-0.4, -0.2) is 92.0 Å². The van der Waals surface area contributed by atoms with Gasteiger partial charge in [0.05, 0.1) is 25.8 Å². The van der Waals surface area contributed by atoms with Crippen molar-refractivity contribution in [1.82, 2.24) is 20.4 Å². The summed E-state index contributed by atoms with van der Waals surface area (Å²) in [6, 6.07) is 0.509. The molecular weight excluding hydrogens is 509 g/mol. The molecule has 0 saturated carbocycles. The lowest BCUT2D eigenvalue weighted by atomic mass is 10.0. The van der Waals surface area contributed by atoms with E-state index in [1.54, 1.807) is 0 Å². The molecule has 9 heteroatoms. The Morgan fingerprint density at radius 1 is 1.23 bits per heavy atom. The van der Waals surface area contributed by atoms with Crippen LogP contribution in [0.1, 0.15) is 54.4 Å². The van der Waals surface area contributed by atoms with Gasteiger partial charge in [0, 0.05) is 38.8 Å². The molecule has 0 spiro atoms. The molecule has 2 N–H and O–H groups in total. The minimum Gasteiger partial charge on any atom is -0.444 e. The van der Waals surface area contributed by atoms with Crippen molar-refractivity contribution >= 4 is 36.0 Å². The second-order valence-corrected chi connectivity index (χ2v) is 9.70. The number of halogens is 1. The number of rotatable bonds is 7. The van der Waals surface area contributed by atoms with Gasteiger partial charge in [0.25, 0.3) is 0 Å². The van der Waals surface area contributed by atoms with Crippen LogP contribution in [0.25, 0.3) is 0 Å². The molecule has 2 aliphatic heterocycles. The SMILES string of the molecule is CCNC(=NCC(CC(C)C)N1CCOCC1)N1CCC(NC(=O)OC(C)(C)C)C1.I. The molecule has 2 heterocycles. The molecule has 2 unspecified atom stereocenters. The molecule has 31 heavy (non-hydrogen) atoms. The van der Waals surface area contributed by atoms with Crippen molar-refractivity contribution in [3.05, 3.63) is 0 Å². The van der Waals surface area contributed by atoms with E-state index >= 15 is 0 Å². The van der Waals surface area contributed by atoms with E-state index in [4.69, 9.17) is 14.5 Å². The fourth-order valence-electron chi connectivity index (χ4n) is 3.99. The molecule has 182 valence electrons. The van der Waals surface area contributed by atoms with Crippen LogP contribution < -0.4 is 10.6 Å². The van der Waals surface area contributed by atoms with E-state index in [0.29, 0.717) is 12.0 Å². The average molecular weight is 554 g/mol. The normalized spacial score (nSPS) is 21.6. The van der Waals surface area contributed by atoms with Crippen LogP contribution in [0.15, 0.2) is 4.99 Å². The summed E-state index contributed by atoms with van der Waals surface area (Å²) < 4.78 is 10.9. The number of nitrogens with one attached hydrogen (secondary N) is 2. The summed E-state index contributed by atoms with van der Waals surface area (Å²) in [7, 11) is 0. The number of amides is 1. The third-order valence-corrected chi connectivity index (χ3v) is 5.30. The van der Waals surface area contributed by atoms with Gasteiger partial charge in [0.1, 0.15) is 5.60 Å². The van der Waals surface area contributed by atoms with E-state index in [0.717, 1.165) is 71.3 Å². The van der Waals surface area contributed by atoms with Gasteiger partial charge in [0.2, 0.25) is 0 Å². The van der Waals surface area contributed by atoms with Gasteiger partial charge in [-0.1, -0.05) is 13.8 Å². The summed E-state index contributed by atoms with van der Waals surface area (Å²) >= 11 is 0. The highest BCUT2D eigenvalue weighted by atomic mass is 127. The predicted octanol–water partition coefficient (Wildman–Crippen LogP) is 2.92. The highest BCUT2D eigenvalue weighted by Crippen LogP contribution is 2.16. The Morgan fingerprint density at radius 3 is 2.48 bits per heavy atom. The summed E-state index contributed by atoms with van der Waals surface area (Å²) in [5.74, 6) is 1.57. The quantitative estimate of drug-likeness (QED) is 0.287. The van der Waals surface area contributed by atoms with Crippen LogP contribution in [0.5, 0.6) is 0 Å². The molecule has 0 aliphatic carbocycles. The van der Waals surface area contributed by atoms with Crippen molar-refractivity contribution in [1.29, 1.82) is 0 Å². The fraction of sp³-hybridized carbons (Fsp3) is 0.909. The van der Waals surface area contributed by atoms with Crippen molar-refractivity contribution in [2.75, 3.05) is 52.5 Å². The number of nitrogens with zero attached hydrogens (tertiary/aromatic N) is 3. The highest BCUT2D eigenvalue weighted by Gasteiger charge is 2.28. The smallest absolute Gasteiger partial charge is 0.407 e. The molecule has 8 nitrogen and oxygen atoms in total. The van der Waals surface area contributed by atoms with Gasteiger partial charge in [-0.2, -0.15) is 0 Å². The monoisotopic (exact) mass is 553 g/mol. The summed E-state index contributed by atoms with van der Waals surface area (Å²) in [5, 5.41) is 6.43. The van der Waals surface area contributed by atoms with Crippen LogP contribution in [0.2, 0.25) is 0 Å². The summed E-state index contributed by atoms with van der Waals surface area (Å²) in [6.45, 7) is 19.1. The molecule has 0 radical (unpaired) electrons. The first kappa shape index (κ1) is 28.2. The number of aliphatic imine (C=N–C) groups is 1. The van der Waals surface area contributed by atoms with Crippen LogP contribution in [0.4, 0.5) is 4.79 Å². The minimum atomic E-state index is -0.482. The summed E-state index contributed by atoms with van der Waals surface area (Å²) in [5.41, 5.74) is -0.482. The Morgan fingerprint density at radius 2 is 1.90 bits per heavy atom. The second-order valence-electron chi connectivity index (χ2n) is 9.70. The summed E-state index contributed by atoms with van der Waals surface area (Å²) in [4.78, 5) is 21.9. The predicted molar refractivity (Wildman–Crippen MR) is 136 cm³/mol. The molecule has 0 aromatic carbocycles. The average Bonchev–Trinajstić information content (AvgIpc) is 3.11. The second kappa shape index (κ2) is 13.7. The Kier molecular flexibility index (Phi) is 12.4. The lowest BCUT2D eigenvalue weighted by molar-refractivity contribution is 0.0142. The maximum atomic E-state index is 12.1. The third-order valence-electron chi connectivity index (χ3n) is 5.30. The van der Waals surface area contributed by atoms with Crippen LogP contribution in [0, 0.1) is 5.92 Å². The number of likely N-dealkylation sites (tertiary alicyclic amines) is 1. The number of alkyl carbamates (subject to hydrolysis) is 1. The number of morpholine rings is 1. The zero-order chi connectivity index (χ0) is 22.1. The lowest BCUT2D eigenvalue weighted by Crippen LogP contribution is -2.47. The van der Waals surface area contributed by atoms with Crippen molar-refractivity contribution in [3.63, 3.8) is 0 Å². The first-order chi connectivity index (χ1) is 14.2. The maximum Gasteiger partial charge on any atom is 0.407 e. The number of guanidine groups is 1. The topological polar surface area (TPSA) is 78.4 Å². The molecule has 2 saturated heterocycles. The first-order valence-corrected chi connectivity index (χ1v) is 11.5. The van der Waals surface area contributed by atoms with Gasteiger partial charge in [0.15, 0.2) is 5.96 Å². The van der Waals surface area contributed by atoms with Crippen LogP contribution in [-0.2, 0) is 9.47 Å². The van der Waals surface area contributed by atoms with Gasteiger partial charge in [-0.3, -0.25) is 9.89 Å². The van der Waals surface area contributed by atoms with Crippen molar-refractivity contribution < 1.29 is 14.3 Å². The lowest BCUT2D eigenvalue weighted by Gasteiger charge is -2.35. The van der Waals surface area contributed by atoms with Gasteiger partial charge < -0.3 is 25.0 Å². The minimum absolute atomic E-state index is 0. The van der Waals surface area contributed by atoms with E-state index in [1.807, 2.05) is 20.8 Å². The third kappa shape index (κ3) is 10.6. The Balaban J connectivity index is 0.00000480. The van der Waals surface area contributed by atoms with E-state index in [1.165, 1.54) is 0 Å². The fourth-order valence-corrected chi connectivity index (χ4v) is 3.99. The van der Waals surface area contributed by atoms with Crippen molar-refractivity contribution in [2.24, 2.45) is 10.9 Å². The Bertz CT molecular complexity index is 562. The first-order valence-electron chi connectivity index (χ1n) is 11.5. The molecule has 1 amide bonds. The zero-order valence-electron chi connectivity index (χ0n) is 20.3. The van der Waals surface area contributed by atoms with Gasteiger partial charge in [-0.05, 0) is 46.5 Å².